The number of thioether (sulfide) groups is 1. The Bertz CT molecular complexity index is 495. The number of carbonyl (C=O) groups is 2. The minimum Gasteiger partial charge on any atom is -0.444 e. The first-order valence-corrected chi connectivity index (χ1v) is 8.19. The Kier molecular flexibility index (Phi) is 6.75. The highest BCUT2D eigenvalue weighted by Gasteiger charge is 2.16. The van der Waals surface area contributed by atoms with Gasteiger partial charge < -0.3 is 10.1 Å². The third-order valence-corrected chi connectivity index (χ3v) is 3.45. The summed E-state index contributed by atoms with van der Waals surface area (Å²) in [5, 5.41) is 2.66. The molecule has 1 aromatic rings. The monoisotopic (exact) mass is 309 g/mol. The fourth-order valence-corrected chi connectivity index (χ4v) is 2.38. The quantitative estimate of drug-likeness (QED) is 0.492. The molecule has 0 spiro atoms. The number of benzene rings is 1. The van der Waals surface area contributed by atoms with Gasteiger partial charge in [0.2, 0.25) is 0 Å². The van der Waals surface area contributed by atoms with E-state index in [1.165, 1.54) is 0 Å². The molecular weight excluding hydrogens is 286 g/mol. The van der Waals surface area contributed by atoms with Gasteiger partial charge in [-0.2, -0.15) is 0 Å². The van der Waals surface area contributed by atoms with Gasteiger partial charge in [0.15, 0.2) is 5.78 Å². The average molecular weight is 309 g/mol. The van der Waals surface area contributed by atoms with Crippen LogP contribution in [0, 0.1) is 0 Å². The van der Waals surface area contributed by atoms with Crippen LogP contribution in [0.3, 0.4) is 0 Å². The van der Waals surface area contributed by atoms with Crippen molar-refractivity contribution in [2.75, 3.05) is 12.8 Å². The van der Waals surface area contributed by atoms with Crippen molar-refractivity contribution >= 4 is 23.6 Å². The van der Waals surface area contributed by atoms with Gasteiger partial charge in [-0.25, -0.2) is 4.79 Å². The van der Waals surface area contributed by atoms with Crippen LogP contribution in [-0.4, -0.2) is 30.3 Å². The summed E-state index contributed by atoms with van der Waals surface area (Å²) in [7, 11) is 0. The normalized spacial score (nSPS) is 11.0. The van der Waals surface area contributed by atoms with Crippen LogP contribution in [0.1, 0.15) is 44.0 Å². The smallest absolute Gasteiger partial charge is 0.407 e. The number of rotatable bonds is 6. The van der Waals surface area contributed by atoms with E-state index in [1.54, 1.807) is 11.8 Å². The largest absolute Gasteiger partial charge is 0.444 e. The van der Waals surface area contributed by atoms with Gasteiger partial charge in [-0.15, -0.1) is 11.8 Å². The standard InChI is InChI=1S/C16H23NO3S/c1-16(2,3)20-15(19)17-11-7-9-13(18)12-8-5-6-10-14(12)21-4/h5-6,8,10H,7,9,11H2,1-4H3,(H,17,19). The van der Waals surface area contributed by atoms with Gasteiger partial charge >= 0.3 is 6.09 Å². The second-order valence-corrected chi connectivity index (χ2v) is 6.50. The molecule has 4 nitrogen and oxygen atoms in total. The summed E-state index contributed by atoms with van der Waals surface area (Å²) >= 11 is 1.56. The molecule has 0 atom stereocenters. The van der Waals surface area contributed by atoms with E-state index in [4.69, 9.17) is 4.74 Å². The molecule has 0 unspecified atom stereocenters. The highest BCUT2D eigenvalue weighted by Crippen LogP contribution is 2.21. The SMILES string of the molecule is CSc1ccccc1C(=O)CCCNC(=O)OC(C)(C)C. The Labute approximate surface area is 130 Å². The van der Waals surface area contributed by atoms with Crippen LogP contribution in [0.25, 0.3) is 0 Å². The van der Waals surface area contributed by atoms with E-state index in [1.807, 2.05) is 51.3 Å². The molecule has 0 aliphatic rings. The number of alkyl carbamates (subject to hydrolysis) is 1. The van der Waals surface area contributed by atoms with Gasteiger partial charge in [-0.3, -0.25) is 4.79 Å². The molecule has 0 saturated heterocycles. The van der Waals surface area contributed by atoms with Crippen molar-refractivity contribution in [2.24, 2.45) is 0 Å². The number of ketones is 1. The molecule has 1 aromatic carbocycles. The molecule has 1 N–H and O–H groups in total. The lowest BCUT2D eigenvalue weighted by Gasteiger charge is -2.19. The summed E-state index contributed by atoms with van der Waals surface area (Å²) in [6, 6.07) is 7.57. The van der Waals surface area contributed by atoms with E-state index in [0.29, 0.717) is 19.4 Å². The molecule has 0 fully saturated rings. The first-order chi connectivity index (χ1) is 9.83. The maximum atomic E-state index is 12.1. The van der Waals surface area contributed by atoms with Gasteiger partial charge in [-0.05, 0) is 39.5 Å². The van der Waals surface area contributed by atoms with Crippen LogP contribution < -0.4 is 5.32 Å². The van der Waals surface area contributed by atoms with Crippen LogP contribution in [0.4, 0.5) is 4.79 Å². The topological polar surface area (TPSA) is 55.4 Å². The molecule has 0 radical (unpaired) electrons. The number of amides is 1. The number of carbonyl (C=O) groups excluding carboxylic acids is 2. The summed E-state index contributed by atoms with van der Waals surface area (Å²) in [5.74, 6) is 0.103. The molecule has 5 heteroatoms. The molecule has 1 amide bonds. The number of Topliss-reactive ketones (excluding diaryl/α,β-unsaturated/α-hetero) is 1. The minimum absolute atomic E-state index is 0.103. The lowest BCUT2D eigenvalue weighted by molar-refractivity contribution is 0.0525. The van der Waals surface area contributed by atoms with Crippen LogP contribution in [0.15, 0.2) is 29.2 Å². The van der Waals surface area contributed by atoms with E-state index in [-0.39, 0.29) is 5.78 Å². The molecule has 0 bridgehead atoms. The summed E-state index contributed by atoms with van der Waals surface area (Å²) in [4.78, 5) is 24.6. The fraction of sp³-hybridized carbons (Fsp3) is 0.500. The third-order valence-electron chi connectivity index (χ3n) is 2.66. The summed E-state index contributed by atoms with van der Waals surface area (Å²) < 4.78 is 5.13. The van der Waals surface area contributed by atoms with Crippen LogP contribution in [0.5, 0.6) is 0 Å². The van der Waals surface area contributed by atoms with Crippen molar-refractivity contribution < 1.29 is 14.3 Å². The van der Waals surface area contributed by atoms with E-state index in [9.17, 15) is 9.59 Å². The summed E-state index contributed by atoms with van der Waals surface area (Å²) in [5.41, 5.74) is 0.249. The maximum absolute atomic E-state index is 12.1. The van der Waals surface area contributed by atoms with Gasteiger partial charge in [0.05, 0.1) is 0 Å². The second-order valence-electron chi connectivity index (χ2n) is 5.66. The van der Waals surface area contributed by atoms with Gasteiger partial charge in [0.1, 0.15) is 5.60 Å². The molecule has 0 heterocycles. The zero-order valence-corrected chi connectivity index (χ0v) is 13.9. The number of nitrogens with one attached hydrogen (secondary N) is 1. The van der Waals surface area contributed by atoms with E-state index < -0.39 is 11.7 Å². The van der Waals surface area contributed by atoms with Gasteiger partial charge in [-0.1, -0.05) is 18.2 Å². The lowest BCUT2D eigenvalue weighted by Crippen LogP contribution is -2.33. The van der Waals surface area contributed by atoms with Crippen molar-refractivity contribution in [3.63, 3.8) is 0 Å². The Morgan fingerprint density at radius 1 is 1.24 bits per heavy atom. The van der Waals surface area contributed by atoms with Crippen molar-refractivity contribution in [3.05, 3.63) is 29.8 Å². The number of hydrogen-bond donors (Lipinski definition) is 1. The zero-order chi connectivity index (χ0) is 15.9. The molecule has 21 heavy (non-hydrogen) atoms. The number of ether oxygens (including phenoxy) is 1. The molecule has 0 saturated carbocycles. The van der Waals surface area contributed by atoms with Crippen molar-refractivity contribution in [1.29, 1.82) is 0 Å². The zero-order valence-electron chi connectivity index (χ0n) is 13.1. The van der Waals surface area contributed by atoms with Gasteiger partial charge in [0, 0.05) is 23.4 Å². The minimum atomic E-state index is -0.503. The highest BCUT2D eigenvalue weighted by molar-refractivity contribution is 7.98. The van der Waals surface area contributed by atoms with E-state index in [2.05, 4.69) is 5.32 Å². The Balaban J connectivity index is 2.36. The van der Waals surface area contributed by atoms with Crippen LogP contribution in [-0.2, 0) is 4.74 Å². The number of hydrogen-bond acceptors (Lipinski definition) is 4. The van der Waals surface area contributed by atoms with Crippen LogP contribution >= 0.6 is 11.8 Å². The second kappa shape index (κ2) is 8.08. The first-order valence-electron chi connectivity index (χ1n) is 6.96. The van der Waals surface area contributed by atoms with Crippen molar-refractivity contribution in [2.45, 2.75) is 44.1 Å². The van der Waals surface area contributed by atoms with Crippen molar-refractivity contribution in [1.82, 2.24) is 5.32 Å². The highest BCUT2D eigenvalue weighted by atomic mass is 32.2. The van der Waals surface area contributed by atoms with E-state index >= 15 is 0 Å². The molecule has 0 aromatic heterocycles. The average Bonchev–Trinajstić information content (AvgIpc) is 2.41. The Morgan fingerprint density at radius 3 is 2.52 bits per heavy atom. The fourth-order valence-electron chi connectivity index (χ4n) is 1.76. The molecule has 0 aliphatic heterocycles. The predicted molar refractivity (Wildman–Crippen MR) is 86.0 cm³/mol. The Morgan fingerprint density at radius 2 is 1.90 bits per heavy atom. The summed E-state index contributed by atoms with van der Waals surface area (Å²) in [6.45, 7) is 5.88. The first kappa shape index (κ1) is 17.6. The van der Waals surface area contributed by atoms with E-state index in [0.717, 1.165) is 10.5 Å². The lowest BCUT2D eigenvalue weighted by atomic mass is 10.1. The molecule has 1 rings (SSSR count). The predicted octanol–water partition coefficient (Wildman–Crippen LogP) is 3.90. The molecule has 0 aliphatic carbocycles. The maximum Gasteiger partial charge on any atom is 0.407 e. The molecular formula is C16H23NO3S. The van der Waals surface area contributed by atoms with Crippen molar-refractivity contribution in [3.8, 4) is 0 Å². The molecule has 116 valence electrons. The van der Waals surface area contributed by atoms with Crippen LogP contribution in [0.2, 0.25) is 0 Å². The summed E-state index contributed by atoms with van der Waals surface area (Å²) in [6.07, 6.45) is 2.52. The third kappa shape index (κ3) is 6.67. The Hall–Kier alpha value is -1.49. The van der Waals surface area contributed by atoms with Gasteiger partial charge in [0.25, 0.3) is 0 Å².